The van der Waals surface area contributed by atoms with Crippen molar-refractivity contribution in [2.45, 2.75) is 13.8 Å². The molecule has 0 aliphatic rings. The Kier molecular flexibility index (Phi) is 3.90. The van der Waals surface area contributed by atoms with Crippen LogP contribution in [0.1, 0.15) is 11.3 Å². The summed E-state index contributed by atoms with van der Waals surface area (Å²) >= 11 is 5.96. The summed E-state index contributed by atoms with van der Waals surface area (Å²) < 4.78 is 5.34. The van der Waals surface area contributed by atoms with E-state index in [2.05, 4.69) is 15.3 Å². The monoisotopic (exact) mass is 277 g/mol. The molecule has 0 atom stereocenters. The number of benzene rings is 1. The van der Waals surface area contributed by atoms with E-state index < -0.39 is 0 Å². The molecule has 0 aliphatic carbocycles. The van der Waals surface area contributed by atoms with E-state index in [1.54, 1.807) is 19.2 Å². The SMILES string of the molecule is CNc1nc(-c2ccc(Cl)cc2OC)nc(C)c1C. The van der Waals surface area contributed by atoms with E-state index in [1.807, 2.05) is 27.0 Å². The lowest BCUT2D eigenvalue weighted by Crippen LogP contribution is -2.03. The van der Waals surface area contributed by atoms with Gasteiger partial charge in [0.25, 0.3) is 0 Å². The second-order valence-corrected chi connectivity index (χ2v) is 4.64. The Morgan fingerprint density at radius 1 is 1.21 bits per heavy atom. The summed E-state index contributed by atoms with van der Waals surface area (Å²) in [5, 5.41) is 3.70. The minimum Gasteiger partial charge on any atom is -0.496 e. The van der Waals surface area contributed by atoms with Crippen molar-refractivity contribution in [3.05, 3.63) is 34.5 Å². The topological polar surface area (TPSA) is 47.0 Å². The normalized spacial score (nSPS) is 10.4. The Morgan fingerprint density at radius 2 is 1.95 bits per heavy atom. The van der Waals surface area contributed by atoms with Gasteiger partial charge in [-0.05, 0) is 32.0 Å². The van der Waals surface area contributed by atoms with E-state index in [4.69, 9.17) is 16.3 Å². The summed E-state index contributed by atoms with van der Waals surface area (Å²) in [4.78, 5) is 9.03. The van der Waals surface area contributed by atoms with Gasteiger partial charge in [0, 0.05) is 23.3 Å². The predicted molar refractivity (Wildman–Crippen MR) is 78.1 cm³/mol. The molecule has 0 aliphatic heterocycles. The molecule has 0 unspecified atom stereocenters. The highest BCUT2D eigenvalue weighted by molar-refractivity contribution is 6.30. The van der Waals surface area contributed by atoms with Gasteiger partial charge >= 0.3 is 0 Å². The molecule has 4 nitrogen and oxygen atoms in total. The lowest BCUT2D eigenvalue weighted by molar-refractivity contribution is 0.416. The highest BCUT2D eigenvalue weighted by Crippen LogP contribution is 2.31. The minimum atomic E-state index is 0.623. The van der Waals surface area contributed by atoms with Crippen molar-refractivity contribution >= 4 is 17.4 Å². The third-order valence-electron chi connectivity index (χ3n) is 3.03. The number of nitrogens with one attached hydrogen (secondary N) is 1. The van der Waals surface area contributed by atoms with E-state index in [0.717, 1.165) is 22.6 Å². The van der Waals surface area contributed by atoms with Crippen LogP contribution in [0.2, 0.25) is 5.02 Å². The molecule has 1 aromatic heterocycles. The quantitative estimate of drug-likeness (QED) is 0.933. The van der Waals surface area contributed by atoms with Crippen LogP contribution in [0.15, 0.2) is 18.2 Å². The fourth-order valence-electron chi connectivity index (χ4n) is 1.84. The zero-order valence-electron chi connectivity index (χ0n) is 11.4. The van der Waals surface area contributed by atoms with Crippen LogP contribution < -0.4 is 10.1 Å². The largest absolute Gasteiger partial charge is 0.496 e. The molecule has 5 heteroatoms. The third kappa shape index (κ3) is 2.63. The smallest absolute Gasteiger partial charge is 0.165 e. The zero-order chi connectivity index (χ0) is 14.0. The van der Waals surface area contributed by atoms with Gasteiger partial charge in [0.05, 0.1) is 12.7 Å². The molecule has 0 amide bonds. The average molecular weight is 278 g/mol. The van der Waals surface area contributed by atoms with Crippen LogP contribution >= 0.6 is 11.6 Å². The molecule has 0 fully saturated rings. The van der Waals surface area contributed by atoms with Crippen molar-refractivity contribution in [2.24, 2.45) is 0 Å². The molecule has 0 bridgehead atoms. The van der Waals surface area contributed by atoms with Gasteiger partial charge in [-0.1, -0.05) is 11.6 Å². The lowest BCUT2D eigenvalue weighted by atomic mass is 10.1. The average Bonchev–Trinajstić information content (AvgIpc) is 2.41. The molecule has 0 saturated carbocycles. The van der Waals surface area contributed by atoms with E-state index in [1.165, 1.54) is 0 Å². The summed E-state index contributed by atoms with van der Waals surface area (Å²) in [5.74, 6) is 2.11. The predicted octanol–water partition coefficient (Wildman–Crippen LogP) is 3.46. The molecule has 100 valence electrons. The number of nitrogens with zero attached hydrogens (tertiary/aromatic N) is 2. The number of hydrogen-bond acceptors (Lipinski definition) is 4. The van der Waals surface area contributed by atoms with Crippen LogP contribution in [-0.4, -0.2) is 24.1 Å². The molecule has 1 aromatic carbocycles. The van der Waals surface area contributed by atoms with Gasteiger partial charge in [0.2, 0.25) is 0 Å². The Hall–Kier alpha value is -1.81. The van der Waals surface area contributed by atoms with Gasteiger partial charge in [0.15, 0.2) is 5.82 Å². The van der Waals surface area contributed by atoms with Gasteiger partial charge in [-0.3, -0.25) is 0 Å². The van der Waals surface area contributed by atoms with Crippen LogP contribution in [0.25, 0.3) is 11.4 Å². The van der Waals surface area contributed by atoms with Crippen molar-refractivity contribution in [1.82, 2.24) is 9.97 Å². The van der Waals surface area contributed by atoms with Crippen molar-refractivity contribution in [3.8, 4) is 17.1 Å². The van der Waals surface area contributed by atoms with Crippen LogP contribution in [0.3, 0.4) is 0 Å². The molecule has 0 radical (unpaired) electrons. The van der Waals surface area contributed by atoms with E-state index in [-0.39, 0.29) is 0 Å². The Balaban J connectivity index is 2.62. The fourth-order valence-corrected chi connectivity index (χ4v) is 2.00. The van der Waals surface area contributed by atoms with Gasteiger partial charge in [-0.25, -0.2) is 9.97 Å². The van der Waals surface area contributed by atoms with Gasteiger partial charge in [0.1, 0.15) is 11.6 Å². The van der Waals surface area contributed by atoms with Gasteiger partial charge in [-0.15, -0.1) is 0 Å². The molecule has 1 N–H and O–H groups in total. The van der Waals surface area contributed by atoms with Crippen LogP contribution in [0.4, 0.5) is 5.82 Å². The van der Waals surface area contributed by atoms with Crippen LogP contribution in [-0.2, 0) is 0 Å². The molecule has 0 saturated heterocycles. The van der Waals surface area contributed by atoms with E-state index >= 15 is 0 Å². The maximum atomic E-state index is 5.96. The summed E-state index contributed by atoms with van der Waals surface area (Å²) in [6.45, 7) is 3.95. The Bertz CT molecular complexity index is 614. The standard InChI is InChI=1S/C14H16ClN3O/c1-8-9(2)17-14(18-13(8)16-3)11-6-5-10(15)7-12(11)19-4/h5-7H,1-4H3,(H,16,17,18). The molecular weight excluding hydrogens is 262 g/mol. The van der Waals surface area contributed by atoms with Gasteiger partial charge < -0.3 is 10.1 Å². The van der Waals surface area contributed by atoms with E-state index in [0.29, 0.717) is 16.6 Å². The van der Waals surface area contributed by atoms with Crippen molar-refractivity contribution in [1.29, 1.82) is 0 Å². The minimum absolute atomic E-state index is 0.623. The number of methoxy groups -OCH3 is 1. The number of anilines is 1. The molecule has 1 heterocycles. The Morgan fingerprint density at radius 3 is 2.58 bits per heavy atom. The highest BCUT2D eigenvalue weighted by Gasteiger charge is 2.13. The fraction of sp³-hybridized carbons (Fsp3) is 0.286. The summed E-state index contributed by atoms with van der Waals surface area (Å²) in [6, 6.07) is 5.43. The third-order valence-corrected chi connectivity index (χ3v) is 3.27. The van der Waals surface area contributed by atoms with Crippen molar-refractivity contribution in [2.75, 3.05) is 19.5 Å². The summed E-state index contributed by atoms with van der Waals surface area (Å²) in [5.41, 5.74) is 2.80. The lowest BCUT2D eigenvalue weighted by Gasteiger charge is -2.12. The summed E-state index contributed by atoms with van der Waals surface area (Å²) in [6.07, 6.45) is 0. The van der Waals surface area contributed by atoms with Crippen LogP contribution in [0, 0.1) is 13.8 Å². The molecular formula is C14H16ClN3O. The number of aromatic nitrogens is 2. The Labute approximate surface area is 117 Å². The molecule has 2 aromatic rings. The number of hydrogen-bond donors (Lipinski definition) is 1. The first kappa shape index (κ1) is 13.6. The zero-order valence-corrected chi connectivity index (χ0v) is 12.2. The number of ether oxygens (including phenoxy) is 1. The number of rotatable bonds is 3. The number of aryl methyl sites for hydroxylation is 1. The first-order valence-electron chi connectivity index (χ1n) is 5.93. The highest BCUT2D eigenvalue weighted by atomic mass is 35.5. The van der Waals surface area contributed by atoms with Crippen molar-refractivity contribution in [3.63, 3.8) is 0 Å². The van der Waals surface area contributed by atoms with Crippen molar-refractivity contribution < 1.29 is 4.74 Å². The van der Waals surface area contributed by atoms with E-state index in [9.17, 15) is 0 Å². The second-order valence-electron chi connectivity index (χ2n) is 4.20. The maximum absolute atomic E-state index is 5.96. The molecule has 2 rings (SSSR count). The molecule has 19 heavy (non-hydrogen) atoms. The van der Waals surface area contributed by atoms with Crippen LogP contribution in [0.5, 0.6) is 5.75 Å². The summed E-state index contributed by atoms with van der Waals surface area (Å²) in [7, 11) is 3.45. The first-order chi connectivity index (χ1) is 9.06. The molecule has 0 spiro atoms. The second kappa shape index (κ2) is 5.45. The van der Waals surface area contributed by atoms with Gasteiger partial charge in [-0.2, -0.15) is 0 Å². The first-order valence-corrected chi connectivity index (χ1v) is 6.31. The maximum Gasteiger partial charge on any atom is 0.165 e. The number of halogens is 1.